The molecule has 0 unspecified atom stereocenters. The SMILES string of the molecule is CCCC(=O)O[C@H]1CC2CCN1CC2. The molecule has 1 atom stereocenters. The van der Waals surface area contributed by atoms with Crippen LogP contribution in [0.5, 0.6) is 0 Å². The predicted octanol–water partition coefficient (Wildman–Crippen LogP) is 1.77. The van der Waals surface area contributed by atoms with Gasteiger partial charge in [-0.2, -0.15) is 0 Å². The van der Waals surface area contributed by atoms with E-state index in [0.29, 0.717) is 6.42 Å². The lowest BCUT2D eigenvalue weighted by Crippen LogP contribution is -2.50. The van der Waals surface area contributed by atoms with Crippen molar-refractivity contribution in [1.29, 1.82) is 0 Å². The fraction of sp³-hybridized carbons (Fsp3) is 0.909. The van der Waals surface area contributed by atoms with Crippen LogP contribution in [0.4, 0.5) is 0 Å². The van der Waals surface area contributed by atoms with Gasteiger partial charge in [0, 0.05) is 25.9 Å². The second-order valence-electron chi connectivity index (χ2n) is 4.41. The van der Waals surface area contributed by atoms with Crippen molar-refractivity contribution in [2.24, 2.45) is 5.92 Å². The molecule has 0 spiro atoms. The molecule has 80 valence electrons. The average Bonchev–Trinajstić information content (AvgIpc) is 2.19. The molecule has 0 aromatic heterocycles. The van der Waals surface area contributed by atoms with E-state index in [0.717, 1.165) is 31.8 Å². The Bertz CT molecular complexity index is 209. The smallest absolute Gasteiger partial charge is 0.307 e. The number of carbonyl (C=O) groups is 1. The number of piperidine rings is 3. The zero-order valence-electron chi connectivity index (χ0n) is 8.87. The second-order valence-corrected chi connectivity index (χ2v) is 4.41. The summed E-state index contributed by atoms with van der Waals surface area (Å²) >= 11 is 0. The third-order valence-corrected chi connectivity index (χ3v) is 3.31. The Morgan fingerprint density at radius 1 is 1.43 bits per heavy atom. The molecule has 0 N–H and O–H groups in total. The molecule has 0 aliphatic carbocycles. The number of ether oxygens (including phenoxy) is 1. The van der Waals surface area contributed by atoms with Gasteiger partial charge in [-0.05, 0) is 25.2 Å². The lowest BCUT2D eigenvalue weighted by atomic mass is 9.87. The molecule has 3 nitrogen and oxygen atoms in total. The number of fused-ring (bicyclic) bond motifs is 3. The zero-order chi connectivity index (χ0) is 9.97. The van der Waals surface area contributed by atoms with Gasteiger partial charge >= 0.3 is 5.97 Å². The predicted molar refractivity (Wildman–Crippen MR) is 53.7 cm³/mol. The van der Waals surface area contributed by atoms with Gasteiger partial charge in [0.25, 0.3) is 0 Å². The maximum Gasteiger partial charge on any atom is 0.307 e. The van der Waals surface area contributed by atoms with E-state index in [-0.39, 0.29) is 12.2 Å². The summed E-state index contributed by atoms with van der Waals surface area (Å²) in [5, 5.41) is 0. The van der Waals surface area contributed by atoms with Crippen molar-refractivity contribution in [3.8, 4) is 0 Å². The van der Waals surface area contributed by atoms with Gasteiger partial charge in [-0.15, -0.1) is 0 Å². The normalized spacial score (nSPS) is 35.6. The Kier molecular flexibility index (Phi) is 3.06. The Balaban J connectivity index is 1.83. The minimum Gasteiger partial charge on any atom is -0.446 e. The van der Waals surface area contributed by atoms with Gasteiger partial charge in [0.2, 0.25) is 0 Å². The van der Waals surface area contributed by atoms with Crippen LogP contribution in [0.15, 0.2) is 0 Å². The quantitative estimate of drug-likeness (QED) is 0.646. The topological polar surface area (TPSA) is 29.5 Å². The van der Waals surface area contributed by atoms with Gasteiger partial charge in [-0.25, -0.2) is 0 Å². The Hall–Kier alpha value is -0.570. The standard InChI is InChI=1S/C11H19NO2/c1-2-3-11(13)14-10-8-9-4-6-12(10)7-5-9/h9-10H,2-8H2,1H3/t10-/m0/s1. The molecule has 3 aliphatic heterocycles. The van der Waals surface area contributed by atoms with Crippen LogP contribution in [0, 0.1) is 5.92 Å². The number of carbonyl (C=O) groups excluding carboxylic acids is 1. The molecule has 0 aromatic rings. The van der Waals surface area contributed by atoms with E-state index in [1.54, 1.807) is 0 Å². The average molecular weight is 197 g/mol. The van der Waals surface area contributed by atoms with Crippen molar-refractivity contribution >= 4 is 5.97 Å². The van der Waals surface area contributed by atoms with E-state index in [9.17, 15) is 4.79 Å². The number of nitrogens with zero attached hydrogens (tertiary/aromatic N) is 1. The van der Waals surface area contributed by atoms with E-state index in [1.165, 1.54) is 12.8 Å². The highest BCUT2D eigenvalue weighted by Crippen LogP contribution is 2.32. The summed E-state index contributed by atoms with van der Waals surface area (Å²) in [7, 11) is 0. The maximum absolute atomic E-state index is 11.3. The van der Waals surface area contributed by atoms with E-state index in [1.807, 2.05) is 6.92 Å². The zero-order valence-corrected chi connectivity index (χ0v) is 8.87. The maximum atomic E-state index is 11.3. The fourth-order valence-corrected chi connectivity index (χ4v) is 2.45. The molecule has 3 aliphatic rings. The van der Waals surface area contributed by atoms with Gasteiger partial charge in [0.1, 0.15) is 0 Å². The summed E-state index contributed by atoms with van der Waals surface area (Å²) in [6, 6.07) is 0. The molecule has 0 saturated carbocycles. The third-order valence-electron chi connectivity index (χ3n) is 3.31. The highest BCUT2D eigenvalue weighted by atomic mass is 16.6. The number of esters is 1. The summed E-state index contributed by atoms with van der Waals surface area (Å²) in [5.74, 6) is 0.782. The van der Waals surface area contributed by atoms with Crippen LogP contribution in [-0.2, 0) is 9.53 Å². The fourth-order valence-electron chi connectivity index (χ4n) is 2.45. The molecule has 2 bridgehead atoms. The molecule has 3 heteroatoms. The molecule has 0 amide bonds. The lowest BCUT2D eigenvalue weighted by molar-refractivity contribution is -0.170. The first kappa shape index (κ1) is 9.97. The van der Waals surface area contributed by atoms with Gasteiger partial charge in [0.15, 0.2) is 6.23 Å². The van der Waals surface area contributed by atoms with Crippen LogP contribution < -0.4 is 0 Å². The molecular weight excluding hydrogens is 178 g/mol. The summed E-state index contributed by atoms with van der Waals surface area (Å²) in [5.41, 5.74) is 0. The molecule has 3 saturated heterocycles. The van der Waals surface area contributed by atoms with E-state index in [2.05, 4.69) is 4.90 Å². The van der Waals surface area contributed by atoms with Crippen molar-refractivity contribution in [3.63, 3.8) is 0 Å². The minimum atomic E-state index is -0.0231. The van der Waals surface area contributed by atoms with Crippen LogP contribution in [0.2, 0.25) is 0 Å². The van der Waals surface area contributed by atoms with Crippen molar-refractivity contribution in [1.82, 2.24) is 4.90 Å². The van der Waals surface area contributed by atoms with E-state index >= 15 is 0 Å². The van der Waals surface area contributed by atoms with Gasteiger partial charge in [-0.3, -0.25) is 9.69 Å². The van der Waals surface area contributed by atoms with E-state index < -0.39 is 0 Å². The van der Waals surface area contributed by atoms with Crippen molar-refractivity contribution in [2.45, 2.75) is 45.3 Å². The molecular formula is C11H19NO2. The molecule has 3 fully saturated rings. The number of hydrogen-bond donors (Lipinski definition) is 0. The van der Waals surface area contributed by atoms with Crippen molar-refractivity contribution < 1.29 is 9.53 Å². The highest BCUT2D eigenvalue weighted by molar-refractivity contribution is 5.69. The first-order valence-electron chi connectivity index (χ1n) is 5.73. The summed E-state index contributed by atoms with van der Waals surface area (Å²) < 4.78 is 5.45. The molecule has 0 aromatic carbocycles. The van der Waals surface area contributed by atoms with Crippen LogP contribution in [0.3, 0.4) is 0 Å². The van der Waals surface area contributed by atoms with Crippen molar-refractivity contribution in [2.75, 3.05) is 13.1 Å². The summed E-state index contributed by atoms with van der Waals surface area (Å²) in [4.78, 5) is 13.7. The van der Waals surface area contributed by atoms with Gasteiger partial charge in [-0.1, -0.05) is 6.92 Å². The number of rotatable bonds is 3. The summed E-state index contributed by atoms with van der Waals surface area (Å²) in [6.45, 7) is 4.25. The van der Waals surface area contributed by atoms with Crippen LogP contribution in [0.25, 0.3) is 0 Å². The van der Waals surface area contributed by atoms with Crippen LogP contribution in [0.1, 0.15) is 39.0 Å². The molecule has 3 rings (SSSR count). The first-order chi connectivity index (χ1) is 6.79. The summed E-state index contributed by atoms with van der Waals surface area (Å²) in [6.07, 6.45) is 5.20. The highest BCUT2D eigenvalue weighted by Gasteiger charge is 2.35. The van der Waals surface area contributed by atoms with Crippen LogP contribution in [-0.4, -0.2) is 30.2 Å². The third kappa shape index (κ3) is 2.08. The Morgan fingerprint density at radius 3 is 2.64 bits per heavy atom. The van der Waals surface area contributed by atoms with Gasteiger partial charge < -0.3 is 4.74 Å². The van der Waals surface area contributed by atoms with E-state index in [4.69, 9.17) is 4.74 Å². The lowest BCUT2D eigenvalue weighted by Gasteiger charge is -2.44. The van der Waals surface area contributed by atoms with Crippen LogP contribution >= 0.6 is 0 Å². The van der Waals surface area contributed by atoms with Crippen molar-refractivity contribution in [3.05, 3.63) is 0 Å². The largest absolute Gasteiger partial charge is 0.446 e. The minimum absolute atomic E-state index is 0.0231. The molecule has 14 heavy (non-hydrogen) atoms. The first-order valence-corrected chi connectivity index (χ1v) is 5.73. The number of hydrogen-bond acceptors (Lipinski definition) is 3. The Morgan fingerprint density at radius 2 is 2.14 bits per heavy atom. The molecule has 0 radical (unpaired) electrons. The van der Waals surface area contributed by atoms with Gasteiger partial charge in [0.05, 0.1) is 0 Å². The second kappa shape index (κ2) is 4.30. The molecule has 3 heterocycles. The Labute approximate surface area is 85.4 Å². The monoisotopic (exact) mass is 197 g/mol.